The van der Waals surface area contributed by atoms with Crippen LogP contribution in [-0.2, 0) is 9.47 Å². The van der Waals surface area contributed by atoms with Crippen molar-refractivity contribution < 1.29 is 23.9 Å². The zero-order valence-electron chi connectivity index (χ0n) is 12.8. The maximum Gasteiger partial charge on any atom is 0.355 e. The van der Waals surface area contributed by atoms with Gasteiger partial charge >= 0.3 is 11.9 Å². The molecule has 7 nitrogen and oxygen atoms in total. The van der Waals surface area contributed by atoms with Crippen molar-refractivity contribution in [3.63, 3.8) is 0 Å². The SMILES string of the molecule is COC(=O)c1c(C)[nH]c(C(=O)COC(=O)c2cc(Cl)c[nH]2)c1C. The third-order valence-electron chi connectivity index (χ3n) is 3.31. The molecule has 122 valence electrons. The van der Waals surface area contributed by atoms with Crippen LogP contribution in [-0.4, -0.2) is 41.4 Å². The number of halogens is 1. The van der Waals surface area contributed by atoms with Crippen molar-refractivity contribution in [2.75, 3.05) is 13.7 Å². The first-order chi connectivity index (χ1) is 10.8. The van der Waals surface area contributed by atoms with Crippen LogP contribution in [0.3, 0.4) is 0 Å². The highest BCUT2D eigenvalue weighted by atomic mass is 35.5. The molecular formula is C15H15ClN2O5. The molecule has 2 N–H and O–H groups in total. The van der Waals surface area contributed by atoms with Crippen molar-refractivity contribution in [1.29, 1.82) is 0 Å². The van der Waals surface area contributed by atoms with Crippen LogP contribution < -0.4 is 0 Å². The van der Waals surface area contributed by atoms with Crippen LogP contribution in [0.4, 0.5) is 0 Å². The average Bonchev–Trinajstić information content (AvgIpc) is 3.07. The largest absolute Gasteiger partial charge is 0.465 e. The predicted octanol–water partition coefficient (Wildman–Crippen LogP) is 2.44. The number of ketones is 1. The monoisotopic (exact) mass is 338 g/mol. The van der Waals surface area contributed by atoms with Crippen LogP contribution in [0.5, 0.6) is 0 Å². The third-order valence-corrected chi connectivity index (χ3v) is 3.53. The molecule has 0 unspecified atom stereocenters. The van der Waals surface area contributed by atoms with E-state index in [2.05, 4.69) is 14.7 Å². The standard InChI is InChI=1S/C15H15ClN2O5/c1-7-12(15(21)22-3)8(2)18-13(7)11(19)6-23-14(20)10-4-9(16)5-17-10/h4-5,17-18H,6H2,1-3H3. The van der Waals surface area contributed by atoms with E-state index < -0.39 is 24.3 Å². The Hall–Kier alpha value is -2.54. The zero-order valence-corrected chi connectivity index (χ0v) is 13.5. The van der Waals surface area contributed by atoms with Gasteiger partial charge in [0.25, 0.3) is 0 Å². The zero-order chi connectivity index (χ0) is 17.1. The molecule has 0 fully saturated rings. The lowest BCUT2D eigenvalue weighted by Gasteiger charge is -2.03. The van der Waals surface area contributed by atoms with E-state index in [4.69, 9.17) is 16.3 Å². The molecule has 2 aromatic rings. The summed E-state index contributed by atoms with van der Waals surface area (Å²) in [6, 6.07) is 1.40. The van der Waals surface area contributed by atoms with Gasteiger partial charge in [0.15, 0.2) is 6.61 Å². The molecule has 23 heavy (non-hydrogen) atoms. The summed E-state index contributed by atoms with van der Waals surface area (Å²) in [5, 5.41) is 0.363. The Morgan fingerprint density at radius 1 is 1.22 bits per heavy atom. The molecule has 2 rings (SSSR count). The molecule has 0 aliphatic rings. The summed E-state index contributed by atoms with van der Waals surface area (Å²) in [4.78, 5) is 41.1. The highest BCUT2D eigenvalue weighted by Crippen LogP contribution is 2.19. The second-order valence-corrected chi connectivity index (χ2v) is 5.28. The van der Waals surface area contributed by atoms with Crippen LogP contribution in [0.2, 0.25) is 5.02 Å². The number of aromatic amines is 2. The lowest BCUT2D eigenvalue weighted by molar-refractivity contribution is 0.0468. The van der Waals surface area contributed by atoms with Crippen LogP contribution in [0.15, 0.2) is 12.3 Å². The van der Waals surface area contributed by atoms with Crippen LogP contribution in [0.1, 0.15) is 42.6 Å². The van der Waals surface area contributed by atoms with Gasteiger partial charge < -0.3 is 19.4 Å². The molecule has 2 aromatic heterocycles. The van der Waals surface area contributed by atoms with Crippen LogP contribution >= 0.6 is 11.6 Å². The van der Waals surface area contributed by atoms with E-state index in [9.17, 15) is 14.4 Å². The first-order valence-electron chi connectivity index (χ1n) is 6.66. The smallest absolute Gasteiger partial charge is 0.355 e. The number of methoxy groups -OCH3 is 1. The van der Waals surface area contributed by atoms with Crippen LogP contribution in [0.25, 0.3) is 0 Å². The number of H-pyrrole nitrogens is 2. The fraction of sp³-hybridized carbons (Fsp3) is 0.267. The first kappa shape index (κ1) is 16.8. The number of esters is 2. The van der Waals surface area contributed by atoms with Crippen molar-refractivity contribution in [2.24, 2.45) is 0 Å². The molecule has 0 spiro atoms. The molecule has 0 atom stereocenters. The lowest BCUT2D eigenvalue weighted by Crippen LogP contribution is -2.15. The Morgan fingerprint density at radius 3 is 2.48 bits per heavy atom. The van der Waals surface area contributed by atoms with Gasteiger partial charge in [-0.3, -0.25) is 4.79 Å². The van der Waals surface area contributed by atoms with Crippen molar-refractivity contribution in [3.05, 3.63) is 45.5 Å². The van der Waals surface area contributed by atoms with E-state index in [1.807, 2.05) is 0 Å². The van der Waals surface area contributed by atoms with E-state index in [0.29, 0.717) is 21.8 Å². The van der Waals surface area contributed by atoms with Gasteiger partial charge in [0.05, 0.1) is 23.4 Å². The number of aromatic nitrogens is 2. The number of hydrogen-bond donors (Lipinski definition) is 2. The molecule has 0 amide bonds. The number of hydrogen-bond acceptors (Lipinski definition) is 5. The quantitative estimate of drug-likeness (QED) is 0.644. The predicted molar refractivity (Wildman–Crippen MR) is 82.0 cm³/mol. The number of nitrogens with one attached hydrogen (secondary N) is 2. The van der Waals surface area contributed by atoms with Gasteiger partial charge in [0.2, 0.25) is 5.78 Å². The number of rotatable bonds is 5. The van der Waals surface area contributed by atoms with E-state index in [0.717, 1.165) is 0 Å². The lowest BCUT2D eigenvalue weighted by atomic mass is 10.1. The molecule has 0 bridgehead atoms. The van der Waals surface area contributed by atoms with Crippen molar-refractivity contribution in [2.45, 2.75) is 13.8 Å². The Kier molecular flexibility index (Phi) is 4.90. The van der Waals surface area contributed by atoms with E-state index in [1.165, 1.54) is 19.4 Å². The molecule has 8 heteroatoms. The minimum absolute atomic E-state index is 0.150. The highest BCUT2D eigenvalue weighted by molar-refractivity contribution is 6.30. The minimum atomic E-state index is -0.695. The minimum Gasteiger partial charge on any atom is -0.465 e. The van der Waals surface area contributed by atoms with Gasteiger partial charge in [-0.1, -0.05) is 11.6 Å². The van der Waals surface area contributed by atoms with Crippen LogP contribution in [0, 0.1) is 13.8 Å². The average molecular weight is 339 g/mol. The van der Waals surface area contributed by atoms with Gasteiger partial charge in [-0.15, -0.1) is 0 Å². The number of aryl methyl sites for hydroxylation is 1. The van der Waals surface area contributed by atoms with E-state index in [1.54, 1.807) is 13.8 Å². The normalized spacial score (nSPS) is 10.4. The summed E-state index contributed by atoms with van der Waals surface area (Å²) >= 11 is 5.69. The van der Waals surface area contributed by atoms with Crippen molar-refractivity contribution >= 4 is 29.3 Å². The highest BCUT2D eigenvalue weighted by Gasteiger charge is 2.23. The van der Waals surface area contributed by atoms with Gasteiger partial charge in [0.1, 0.15) is 5.69 Å². The number of carbonyl (C=O) groups excluding carboxylic acids is 3. The Morgan fingerprint density at radius 2 is 1.91 bits per heavy atom. The Labute approximate surface area is 136 Å². The molecule has 0 radical (unpaired) electrons. The molecule has 0 aliphatic heterocycles. The molecule has 0 aromatic carbocycles. The molecular weight excluding hydrogens is 324 g/mol. The molecule has 0 aliphatic carbocycles. The van der Waals surface area contributed by atoms with E-state index in [-0.39, 0.29) is 11.4 Å². The molecule has 0 saturated heterocycles. The van der Waals surface area contributed by atoms with E-state index >= 15 is 0 Å². The second-order valence-electron chi connectivity index (χ2n) is 4.85. The Balaban J connectivity index is 2.10. The Bertz CT molecular complexity index is 775. The number of carbonyl (C=O) groups is 3. The van der Waals surface area contributed by atoms with Gasteiger partial charge in [-0.25, -0.2) is 9.59 Å². The maximum atomic E-state index is 12.2. The third kappa shape index (κ3) is 3.45. The van der Waals surface area contributed by atoms with Crippen molar-refractivity contribution in [3.8, 4) is 0 Å². The van der Waals surface area contributed by atoms with Gasteiger partial charge in [0, 0.05) is 11.9 Å². The molecule has 0 saturated carbocycles. The fourth-order valence-electron chi connectivity index (χ4n) is 2.20. The second kappa shape index (κ2) is 6.70. The summed E-state index contributed by atoms with van der Waals surface area (Å²) in [7, 11) is 1.26. The van der Waals surface area contributed by atoms with Crippen molar-refractivity contribution in [1.82, 2.24) is 9.97 Å². The number of Topliss-reactive ketones (excluding diaryl/α,β-unsaturated/α-hetero) is 1. The first-order valence-corrected chi connectivity index (χ1v) is 7.04. The summed E-state index contributed by atoms with van der Waals surface area (Å²) in [5.74, 6) is -1.68. The summed E-state index contributed by atoms with van der Waals surface area (Å²) < 4.78 is 9.61. The maximum absolute atomic E-state index is 12.2. The van der Waals surface area contributed by atoms with Gasteiger partial charge in [-0.2, -0.15) is 0 Å². The topological polar surface area (TPSA) is 101 Å². The summed E-state index contributed by atoms with van der Waals surface area (Å²) in [6.07, 6.45) is 1.43. The molecule has 2 heterocycles. The fourth-order valence-corrected chi connectivity index (χ4v) is 2.37. The summed E-state index contributed by atoms with van der Waals surface area (Å²) in [6.45, 7) is 2.81. The number of ether oxygens (including phenoxy) is 2. The van der Waals surface area contributed by atoms with Gasteiger partial charge in [-0.05, 0) is 25.5 Å². The summed E-state index contributed by atoms with van der Waals surface area (Å²) in [5.41, 5.74) is 1.63.